The molecule has 43 heavy (non-hydrogen) atoms. The molecular formula is C42H33N. The van der Waals surface area contributed by atoms with Crippen molar-refractivity contribution < 1.29 is 0 Å². The van der Waals surface area contributed by atoms with E-state index in [4.69, 9.17) is 0 Å². The van der Waals surface area contributed by atoms with Gasteiger partial charge in [0, 0.05) is 22.9 Å². The molecule has 1 aliphatic rings. The lowest BCUT2D eigenvalue weighted by Crippen LogP contribution is -2.11. The number of rotatable bonds is 7. The van der Waals surface area contributed by atoms with Gasteiger partial charge in [0.05, 0.1) is 5.69 Å². The van der Waals surface area contributed by atoms with Crippen LogP contribution in [0, 0.1) is 0 Å². The molecule has 0 aliphatic heterocycles. The Hall–Kier alpha value is -5.40. The van der Waals surface area contributed by atoms with E-state index in [0.29, 0.717) is 5.92 Å². The molecule has 0 saturated heterocycles. The van der Waals surface area contributed by atoms with Crippen molar-refractivity contribution in [1.29, 1.82) is 0 Å². The van der Waals surface area contributed by atoms with Gasteiger partial charge in [-0.05, 0) is 70.1 Å². The van der Waals surface area contributed by atoms with E-state index in [0.717, 1.165) is 23.5 Å². The molecule has 0 heterocycles. The molecule has 1 unspecified atom stereocenters. The van der Waals surface area contributed by atoms with E-state index in [2.05, 4.69) is 187 Å². The van der Waals surface area contributed by atoms with E-state index in [1.54, 1.807) is 0 Å². The van der Waals surface area contributed by atoms with Crippen molar-refractivity contribution in [2.45, 2.75) is 12.3 Å². The number of para-hydroxylation sites is 1. The van der Waals surface area contributed by atoms with Gasteiger partial charge in [-0.3, -0.25) is 0 Å². The highest BCUT2D eigenvalue weighted by Gasteiger charge is 2.18. The summed E-state index contributed by atoms with van der Waals surface area (Å²) >= 11 is 0. The molecule has 0 fully saturated rings. The molecule has 7 rings (SSSR count). The Kier molecular flexibility index (Phi) is 7.53. The van der Waals surface area contributed by atoms with Crippen molar-refractivity contribution >= 4 is 17.1 Å². The first-order valence-corrected chi connectivity index (χ1v) is 15.0. The molecule has 0 aromatic heterocycles. The topological polar surface area (TPSA) is 3.24 Å². The fourth-order valence-electron chi connectivity index (χ4n) is 6.01. The lowest BCUT2D eigenvalue weighted by Gasteiger charge is -2.29. The summed E-state index contributed by atoms with van der Waals surface area (Å²) in [6, 6.07) is 56.8. The van der Waals surface area contributed by atoms with Crippen LogP contribution in [0.25, 0.3) is 33.4 Å². The van der Waals surface area contributed by atoms with Crippen LogP contribution in [0.2, 0.25) is 0 Å². The summed E-state index contributed by atoms with van der Waals surface area (Å²) in [7, 11) is 0. The smallest absolute Gasteiger partial charge is 0.0540 e. The second-order valence-corrected chi connectivity index (χ2v) is 11.0. The van der Waals surface area contributed by atoms with Crippen molar-refractivity contribution in [1.82, 2.24) is 0 Å². The SMILES string of the molecule is C1=CCC(c2cccc(-c3cccc(N(c4cccc(-c5ccccc5)c4)c4ccccc4-c4ccccc4)c3)c2)C=C1. The molecule has 0 saturated carbocycles. The van der Waals surface area contributed by atoms with Crippen LogP contribution >= 0.6 is 0 Å². The van der Waals surface area contributed by atoms with Crippen molar-refractivity contribution in [2.75, 3.05) is 4.90 Å². The van der Waals surface area contributed by atoms with E-state index in [1.807, 2.05) is 0 Å². The summed E-state index contributed by atoms with van der Waals surface area (Å²) in [6.07, 6.45) is 9.90. The van der Waals surface area contributed by atoms with Crippen LogP contribution in [-0.4, -0.2) is 0 Å². The number of allylic oxidation sites excluding steroid dienone is 4. The maximum atomic E-state index is 2.40. The Morgan fingerprint density at radius 2 is 1.00 bits per heavy atom. The molecule has 1 aliphatic carbocycles. The highest BCUT2D eigenvalue weighted by atomic mass is 15.1. The molecule has 0 bridgehead atoms. The second-order valence-electron chi connectivity index (χ2n) is 11.0. The maximum absolute atomic E-state index is 2.40. The lowest BCUT2D eigenvalue weighted by atomic mass is 9.90. The molecule has 6 aromatic carbocycles. The number of anilines is 3. The average Bonchev–Trinajstić information content (AvgIpc) is 3.10. The Balaban J connectivity index is 1.37. The maximum Gasteiger partial charge on any atom is 0.0540 e. The Morgan fingerprint density at radius 3 is 1.67 bits per heavy atom. The molecule has 6 aromatic rings. The molecule has 0 spiro atoms. The zero-order valence-electron chi connectivity index (χ0n) is 24.1. The van der Waals surface area contributed by atoms with Gasteiger partial charge in [-0.2, -0.15) is 0 Å². The van der Waals surface area contributed by atoms with Gasteiger partial charge in [0.25, 0.3) is 0 Å². The van der Waals surface area contributed by atoms with Crippen LogP contribution in [0.3, 0.4) is 0 Å². The van der Waals surface area contributed by atoms with E-state index in [1.165, 1.54) is 38.9 Å². The predicted octanol–water partition coefficient (Wildman–Crippen LogP) is 11.8. The third-order valence-corrected chi connectivity index (χ3v) is 8.17. The molecule has 206 valence electrons. The van der Waals surface area contributed by atoms with Crippen LogP contribution in [0.1, 0.15) is 17.9 Å². The van der Waals surface area contributed by atoms with Gasteiger partial charge < -0.3 is 4.90 Å². The molecule has 0 radical (unpaired) electrons. The molecule has 1 heteroatoms. The molecular weight excluding hydrogens is 518 g/mol. The fraction of sp³-hybridized carbons (Fsp3) is 0.0476. The number of hydrogen-bond donors (Lipinski definition) is 0. The zero-order valence-corrected chi connectivity index (χ0v) is 24.1. The minimum absolute atomic E-state index is 0.420. The largest absolute Gasteiger partial charge is 0.310 e. The average molecular weight is 552 g/mol. The summed E-state index contributed by atoms with van der Waals surface area (Å²) in [5.74, 6) is 0.420. The van der Waals surface area contributed by atoms with Gasteiger partial charge >= 0.3 is 0 Å². The summed E-state index contributed by atoms with van der Waals surface area (Å²) in [6.45, 7) is 0. The van der Waals surface area contributed by atoms with Gasteiger partial charge in [-0.15, -0.1) is 0 Å². The third-order valence-electron chi connectivity index (χ3n) is 8.17. The molecule has 1 nitrogen and oxygen atoms in total. The monoisotopic (exact) mass is 551 g/mol. The first kappa shape index (κ1) is 26.5. The molecule has 0 amide bonds. The van der Waals surface area contributed by atoms with E-state index in [9.17, 15) is 0 Å². The Bertz CT molecular complexity index is 1900. The van der Waals surface area contributed by atoms with Crippen molar-refractivity contribution in [2.24, 2.45) is 0 Å². The number of hydrogen-bond acceptors (Lipinski definition) is 1. The van der Waals surface area contributed by atoms with Crippen LogP contribution in [0.4, 0.5) is 17.1 Å². The van der Waals surface area contributed by atoms with Gasteiger partial charge in [0.2, 0.25) is 0 Å². The van der Waals surface area contributed by atoms with E-state index < -0.39 is 0 Å². The summed E-state index contributed by atoms with van der Waals surface area (Å²) in [4.78, 5) is 2.40. The predicted molar refractivity (Wildman–Crippen MR) is 183 cm³/mol. The van der Waals surface area contributed by atoms with Crippen molar-refractivity contribution in [3.63, 3.8) is 0 Å². The van der Waals surface area contributed by atoms with Gasteiger partial charge in [-0.25, -0.2) is 0 Å². The van der Waals surface area contributed by atoms with E-state index >= 15 is 0 Å². The Morgan fingerprint density at radius 1 is 0.442 bits per heavy atom. The van der Waals surface area contributed by atoms with Gasteiger partial charge in [0.15, 0.2) is 0 Å². The van der Waals surface area contributed by atoms with Crippen molar-refractivity contribution in [3.05, 3.63) is 188 Å². The summed E-state index contributed by atoms with van der Waals surface area (Å²) in [5, 5.41) is 0. The normalized spacial score (nSPS) is 14.0. The highest BCUT2D eigenvalue weighted by molar-refractivity contribution is 5.90. The number of benzene rings is 6. The first-order chi connectivity index (χ1) is 21.3. The Labute approximate surface area is 254 Å². The third kappa shape index (κ3) is 5.71. The first-order valence-electron chi connectivity index (χ1n) is 15.0. The molecule has 1 atom stereocenters. The summed E-state index contributed by atoms with van der Waals surface area (Å²) < 4.78 is 0. The zero-order chi connectivity index (χ0) is 28.8. The quantitative estimate of drug-likeness (QED) is 0.191. The van der Waals surface area contributed by atoms with Crippen LogP contribution < -0.4 is 4.90 Å². The van der Waals surface area contributed by atoms with Crippen LogP contribution in [-0.2, 0) is 0 Å². The van der Waals surface area contributed by atoms with Crippen LogP contribution in [0.15, 0.2) is 182 Å². The van der Waals surface area contributed by atoms with Crippen molar-refractivity contribution in [3.8, 4) is 33.4 Å². The van der Waals surface area contributed by atoms with Gasteiger partial charge in [0.1, 0.15) is 0 Å². The number of nitrogens with zero attached hydrogens (tertiary/aromatic N) is 1. The standard InChI is InChI=1S/C42H33N/c1-4-15-32(16-5-1)35-21-12-22-36(29-35)38-24-14-26-40(31-38)43(39-25-13-23-37(30-39)33-17-6-2-7-18-33)42-28-11-10-27-41(42)34-19-8-3-9-20-34/h1-15,17-32H,16H2. The second kappa shape index (κ2) is 12.2. The molecule has 0 N–H and O–H groups in total. The minimum Gasteiger partial charge on any atom is -0.310 e. The summed E-state index contributed by atoms with van der Waals surface area (Å²) in [5.41, 5.74) is 12.0. The lowest BCUT2D eigenvalue weighted by molar-refractivity contribution is 0.854. The van der Waals surface area contributed by atoms with E-state index in [-0.39, 0.29) is 0 Å². The van der Waals surface area contributed by atoms with Crippen LogP contribution in [0.5, 0.6) is 0 Å². The fourth-order valence-corrected chi connectivity index (χ4v) is 6.01. The minimum atomic E-state index is 0.420. The highest BCUT2D eigenvalue weighted by Crippen LogP contribution is 2.42. The van der Waals surface area contributed by atoms with Gasteiger partial charge in [-0.1, -0.05) is 152 Å².